The molecule has 1 aliphatic heterocycles. The van der Waals surface area contributed by atoms with Gasteiger partial charge >= 0.3 is 0 Å². The van der Waals surface area contributed by atoms with Crippen molar-refractivity contribution in [2.75, 3.05) is 19.6 Å². The van der Waals surface area contributed by atoms with Crippen molar-refractivity contribution < 1.29 is 9.90 Å². The predicted octanol–water partition coefficient (Wildman–Crippen LogP) is 3.94. The summed E-state index contributed by atoms with van der Waals surface area (Å²) < 4.78 is 1.58. The topological polar surface area (TPSA) is 88.3 Å². The third-order valence-corrected chi connectivity index (χ3v) is 8.35. The van der Waals surface area contributed by atoms with E-state index in [1.54, 1.807) is 23.2 Å². The Labute approximate surface area is 208 Å². The molecular weight excluding hydrogens is 440 g/mol. The highest BCUT2D eigenvalue weighted by Crippen LogP contribution is 2.41. The second-order valence-electron chi connectivity index (χ2n) is 11.8. The van der Waals surface area contributed by atoms with Gasteiger partial charge < -0.3 is 19.4 Å². The number of aliphatic hydroxyl groups is 1. The number of carbonyl (C=O) groups excluding carboxylic acids is 1. The number of aldehydes is 1. The molecule has 1 unspecified atom stereocenters. The summed E-state index contributed by atoms with van der Waals surface area (Å²) in [5.41, 5.74) is -0.550. The van der Waals surface area contributed by atoms with E-state index in [1.807, 2.05) is 12.1 Å². The van der Waals surface area contributed by atoms with Crippen molar-refractivity contribution in [3.8, 4) is 11.3 Å². The summed E-state index contributed by atoms with van der Waals surface area (Å²) in [6.45, 7) is 8.52. The lowest BCUT2D eigenvalue weighted by Crippen LogP contribution is -2.60. The molecule has 7 heteroatoms. The second-order valence-corrected chi connectivity index (χ2v) is 11.8. The minimum absolute atomic E-state index is 0.209. The van der Waals surface area contributed by atoms with E-state index in [-0.39, 0.29) is 17.5 Å². The molecule has 2 atom stereocenters. The number of piperidine rings is 1. The zero-order valence-electron chi connectivity index (χ0n) is 21.4. The Bertz CT molecular complexity index is 1060. The van der Waals surface area contributed by atoms with Gasteiger partial charge in [-0.2, -0.15) is 0 Å². The van der Waals surface area contributed by atoms with Crippen LogP contribution in [0, 0.1) is 16.7 Å². The summed E-state index contributed by atoms with van der Waals surface area (Å²) in [6, 6.07) is 3.71. The normalized spacial score (nSPS) is 25.1. The molecule has 2 aromatic rings. The average Bonchev–Trinajstić information content (AvgIpc) is 2.84. The van der Waals surface area contributed by atoms with Gasteiger partial charge in [0.05, 0.1) is 24.0 Å². The zero-order valence-corrected chi connectivity index (χ0v) is 21.4. The lowest BCUT2D eigenvalue weighted by atomic mass is 9.69. The molecule has 2 aromatic heterocycles. The number of hydrogen-bond acceptors (Lipinski definition) is 6. The Balaban J connectivity index is 1.46. The number of rotatable bonds is 8. The first-order valence-corrected chi connectivity index (χ1v) is 13.0. The molecule has 0 spiro atoms. The molecule has 1 aliphatic carbocycles. The molecule has 0 radical (unpaired) electrons. The number of likely N-dealkylation sites (tertiary alicyclic amines) is 1. The van der Waals surface area contributed by atoms with Crippen LogP contribution in [0.2, 0.25) is 0 Å². The van der Waals surface area contributed by atoms with Gasteiger partial charge in [0.15, 0.2) is 0 Å². The molecule has 3 heterocycles. The summed E-state index contributed by atoms with van der Waals surface area (Å²) >= 11 is 0. The van der Waals surface area contributed by atoms with Crippen LogP contribution in [0.4, 0.5) is 0 Å². The Morgan fingerprint density at radius 1 is 1.20 bits per heavy atom. The number of pyridine rings is 1. The Hall–Kier alpha value is -2.38. The molecular formula is C28H40N4O3. The van der Waals surface area contributed by atoms with Gasteiger partial charge in [0.1, 0.15) is 6.29 Å². The molecule has 4 rings (SSSR count). The van der Waals surface area contributed by atoms with Crippen molar-refractivity contribution in [3.05, 3.63) is 47.3 Å². The van der Waals surface area contributed by atoms with Gasteiger partial charge in [-0.05, 0) is 30.9 Å². The van der Waals surface area contributed by atoms with Gasteiger partial charge in [0.2, 0.25) is 0 Å². The van der Waals surface area contributed by atoms with Crippen molar-refractivity contribution in [3.63, 3.8) is 0 Å². The van der Waals surface area contributed by atoms with Crippen LogP contribution >= 0.6 is 0 Å². The summed E-state index contributed by atoms with van der Waals surface area (Å²) in [5, 5.41) is 11.8. The highest BCUT2D eigenvalue weighted by molar-refractivity contribution is 5.59. The number of hydrogen-bond donors (Lipinski definition) is 1. The Morgan fingerprint density at radius 2 is 1.91 bits per heavy atom. The fourth-order valence-electron chi connectivity index (χ4n) is 6.13. The first kappa shape index (κ1) is 25.7. The minimum Gasteiger partial charge on any atom is -0.387 e. The second kappa shape index (κ2) is 10.3. The first-order chi connectivity index (χ1) is 16.6. The highest BCUT2D eigenvalue weighted by Gasteiger charge is 2.48. The van der Waals surface area contributed by atoms with Crippen molar-refractivity contribution >= 4 is 6.29 Å². The molecule has 1 saturated heterocycles. The average molecular weight is 481 g/mol. The van der Waals surface area contributed by atoms with Gasteiger partial charge in [0, 0.05) is 54.6 Å². The summed E-state index contributed by atoms with van der Waals surface area (Å²) in [7, 11) is 0. The van der Waals surface area contributed by atoms with Crippen LogP contribution in [0.1, 0.15) is 65.7 Å². The van der Waals surface area contributed by atoms with Gasteiger partial charge in [-0.3, -0.25) is 9.78 Å². The molecule has 1 N–H and O–H groups in total. The fraction of sp³-hybridized carbons (Fsp3) is 0.643. The highest BCUT2D eigenvalue weighted by atomic mass is 16.3. The summed E-state index contributed by atoms with van der Waals surface area (Å²) in [5.74, 6) is 0.641. The first-order valence-electron chi connectivity index (χ1n) is 13.0. The maximum atomic E-state index is 12.6. The minimum atomic E-state index is -1.05. The van der Waals surface area contributed by atoms with E-state index in [2.05, 4.69) is 35.6 Å². The molecule has 2 aliphatic rings. The van der Waals surface area contributed by atoms with E-state index in [9.17, 15) is 14.7 Å². The third kappa shape index (κ3) is 5.89. The summed E-state index contributed by atoms with van der Waals surface area (Å²) in [4.78, 5) is 35.5. The number of aromatic nitrogens is 3. The maximum absolute atomic E-state index is 12.6. The Morgan fingerprint density at radius 3 is 2.57 bits per heavy atom. The number of nitrogens with zero attached hydrogens (tertiary/aromatic N) is 4. The third-order valence-electron chi connectivity index (χ3n) is 8.35. The number of carbonyl (C=O) groups is 1. The van der Waals surface area contributed by atoms with Crippen LogP contribution in [0.15, 0.2) is 41.7 Å². The van der Waals surface area contributed by atoms with Gasteiger partial charge in [-0.1, -0.05) is 52.9 Å². The van der Waals surface area contributed by atoms with Gasteiger partial charge in [0.25, 0.3) is 5.56 Å². The molecule has 0 aromatic carbocycles. The van der Waals surface area contributed by atoms with E-state index in [0.717, 1.165) is 18.3 Å². The zero-order chi connectivity index (χ0) is 25.1. The van der Waals surface area contributed by atoms with E-state index in [1.165, 1.54) is 38.3 Å². The lowest BCUT2D eigenvalue weighted by Gasteiger charge is -2.51. The quantitative estimate of drug-likeness (QED) is 0.576. The Kier molecular flexibility index (Phi) is 7.57. The van der Waals surface area contributed by atoms with E-state index in [4.69, 9.17) is 0 Å². The van der Waals surface area contributed by atoms with Gasteiger partial charge in [-0.15, -0.1) is 0 Å². The van der Waals surface area contributed by atoms with Crippen molar-refractivity contribution in [2.24, 2.45) is 16.7 Å². The van der Waals surface area contributed by atoms with Crippen LogP contribution in [0.3, 0.4) is 0 Å². The van der Waals surface area contributed by atoms with Crippen molar-refractivity contribution in [1.29, 1.82) is 0 Å². The molecule has 0 amide bonds. The fourth-order valence-corrected chi connectivity index (χ4v) is 6.13. The molecule has 2 fully saturated rings. The maximum Gasteiger partial charge on any atom is 0.269 e. The molecule has 1 saturated carbocycles. The van der Waals surface area contributed by atoms with Crippen LogP contribution < -0.4 is 5.56 Å². The largest absolute Gasteiger partial charge is 0.387 e. The molecule has 35 heavy (non-hydrogen) atoms. The van der Waals surface area contributed by atoms with E-state index < -0.39 is 11.0 Å². The smallest absolute Gasteiger partial charge is 0.269 e. The van der Waals surface area contributed by atoms with Crippen LogP contribution in [-0.4, -0.2) is 56.1 Å². The van der Waals surface area contributed by atoms with E-state index >= 15 is 0 Å². The van der Waals surface area contributed by atoms with Crippen molar-refractivity contribution in [1.82, 2.24) is 19.4 Å². The summed E-state index contributed by atoms with van der Waals surface area (Å²) in [6.07, 6.45) is 15.4. The van der Waals surface area contributed by atoms with Crippen LogP contribution in [0.5, 0.6) is 0 Å². The molecule has 190 valence electrons. The lowest BCUT2D eigenvalue weighted by molar-refractivity contribution is -0.137. The monoisotopic (exact) mass is 480 g/mol. The van der Waals surface area contributed by atoms with E-state index in [0.29, 0.717) is 37.7 Å². The standard InChI is InChI=1S/C28H40N4O3/c1-26(2)18-31(19-27(3,21-33)15-22-7-5-4-6-8-22)14-11-28(26,35)20-32-17-24(30-16-25(32)34)23-9-12-29-13-10-23/h9-10,12-13,16-17,21-22,35H,4-8,11,14-15,18-20H2,1-3H3/t27-,28?/m1/s1. The van der Waals surface area contributed by atoms with Crippen LogP contribution in [0.25, 0.3) is 11.3 Å². The molecule has 0 bridgehead atoms. The van der Waals surface area contributed by atoms with Crippen LogP contribution in [-0.2, 0) is 11.3 Å². The molecule has 7 nitrogen and oxygen atoms in total. The predicted molar refractivity (Wildman–Crippen MR) is 137 cm³/mol. The van der Waals surface area contributed by atoms with Gasteiger partial charge in [-0.25, -0.2) is 4.98 Å². The SMILES string of the molecule is CC1(C)CN(C[C@](C)(C=O)CC2CCCCC2)CCC1(O)Cn1cc(-c2ccncc2)ncc1=O. The van der Waals surface area contributed by atoms with Crippen molar-refractivity contribution in [2.45, 2.75) is 77.9 Å².